The molecule has 0 fully saturated rings. The molecule has 21 heavy (non-hydrogen) atoms. The third-order valence-electron chi connectivity index (χ3n) is 3.44. The molecule has 0 radical (unpaired) electrons. The van der Waals surface area contributed by atoms with E-state index in [0.717, 1.165) is 12.8 Å². The normalized spacial score (nSPS) is 10.6. The fourth-order valence-electron chi connectivity index (χ4n) is 2.18. The number of carbonyl (C=O) groups excluding carboxylic acids is 1. The van der Waals surface area contributed by atoms with Crippen molar-refractivity contribution in [2.24, 2.45) is 0 Å². The van der Waals surface area contributed by atoms with Crippen molar-refractivity contribution >= 4 is 23.3 Å². The average molecular weight is 312 g/mol. The summed E-state index contributed by atoms with van der Waals surface area (Å²) in [6, 6.07) is 4.82. The van der Waals surface area contributed by atoms with Crippen LogP contribution in [0.4, 0.5) is 5.69 Å². The van der Waals surface area contributed by atoms with Gasteiger partial charge in [-0.15, -0.1) is 0 Å². The highest BCUT2D eigenvalue weighted by atomic mass is 35.5. The van der Waals surface area contributed by atoms with Crippen LogP contribution in [0.2, 0.25) is 5.02 Å². The number of anilines is 1. The maximum absolute atomic E-state index is 11.8. The van der Waals surface area contributed by atoms with E-state index in [-0.39, 0.29) is 5.97 Å². The van der Waals surface area contributed by atoms with Crippen molar-refractivity contribution in [3.63, 3.8) is 0 Å². The number of unbranched alkanes of at least 4 members (excludes halogenated alkanes) is 7. The lowest BCUT2D eigenvalue weighted by molar-refractivity contribution is 0.0498. The number of nitrogens with two attached hydrogens (primary N) is 1. The van der Waals surface area contributed by atoms with Gasteiger partial charge >= 0.3 is 5.97 Å². The molecule has 1 rings (SSSR count). The Balaban J connectivity index is 2.11. The van der Waals surface area contributed by atoms with Crippen molar-refractivity contribution in [2.45, 2.75) is 58.3 Å². The Morgan fingerprint density at radius 1 is 1.10 bits per heavy atom. The number of carbonyl (C=O) groups is 1. The molecule has 0 aliphatic rings. The first-order valence-electron chi connectivity index (χ1n) is 7.87. The smallest absolute Gasteiger partial charge is 0.339 e. The van der Waals surface area contributed by atoms with Crippen LogP contribution in [0.3, 0.4) is 0 Å². The molecule has 0 amide bonds. The molecule has 0 aliphatic carbocycles. The molecule has 3 nitrogen and oxygen atoms in total. The van der Waals surface area contributed by atoms with E-state index >= 15 is 0 Å². The van der Waals surface area contributed by atoms with Crippen LogP contribution in [0, 0.1) is 0 Å². The van der Waals surface area contributed by atoms with E-state index in [2.05, 4.69) is 6.92 Å². The van der Waals surface area contributed by atoms with Crippen LogP contribution in [-0.2, 0) is 4.74 Å². The molecule has 2 N–H and O–H groups in total. The van der Waals surface area contributed by atoms with Gasteiger partial charge in [0.1, 0.15) is 0 Å². The summed E-state index contributed by atoms with van der Waals surface area (Å²) >= 11 is 5.97. The van der Waals surface area contributed by atoms with Gasteiger partial charge in [-0.25, -0.2) is 4.79 Å². The maximum Gasteiger partial charge on any atom is 0.339 e. The summed E-state index contributed by atoms with van der Waals surface area (Å²) in [5.74, 6) is -0.372. The Hall–Kier alpha value is -1.22. The van der Waals surface area contributed by atoms with Crippen molar-refractivity contribution in [3.05, 3.63) is 28.8 Å². The standard InChI is InChI=1S/C17H26ClNO2/c1-2-3-4-5-6-7-8-9-12-21-17(20)15-11-10-14(19)13-16(15)18/h10-11,13H,2-9,12,19H2,1H3. The molecule has 0 atom stereocenters. The second-order valence-corrected chi connectivity index (χ2v) is 5.76. The summed E-state index contributed by atoms with van der Waals surface area (Å²) in [4.78, 5) is 11.8. The van der Waals surface area contributed by atoms with Gasteiger partial charge in [-0.1, -0.05) is 63.5 Å². The minimum atomic E-state index is -0.372. The van der Waals surface area contributed by atoms with Gasteiger partial charge < -0.3 is 10.5 Å². The highest BCUT2D eigenvalue weighted by Crippen LogP contribution is 2.20. The molecule has 1 aromatic rings. The van der Waals surface area contributed by atoms with E-state index in [4.69, 9.17) is 22.1 Å². The number of benzene rings is 1. The first kappa shape index (κ1) is 17.8. The number of esters is 1. The summed E-state index contributed by atoms with van der Waals surface area (Å²) in [6.07, 6.45) is 9.77. The van der Waals surface area contributed by atoms with Gasteiger partial charge in [0.15, 0.2) is 0 Å². The van der Waals surface area contributed by atoms with Crippen LogP contribution in [0.1, 0.15) is 68.6 Å². The van der Waals surface area contributed by atoms with Crippen LogP contribution in [0.25, 0.3) is 0 Å². The highest BCUT2D eigenvalue weighted by molar-refractivity contribution is 6.33. The Morgan fingerprint density at radius 3 is 2.33 bits per heavy atom. The number of nitrogen functional groups attached to an aromatic ring is 1. The van der Waals surface area contributed by atoms with E-state index in [0.29, 0.717) is 22.9 Å². The molecule has 0 spiro atoms. The summed E-state index contributed by atoms with van der Waals surface area (Å²) in [6.45, 7) is 2.68. The van der Waals surface area contributed by atoms with E-state index in [1.165, 1.54) is 38.5 Å². The molecule has 118 valence electrons. The monoisotopic (exact) mass is 311 g/mol. The van der Waals surface area contributed by atoms with E-state index in [1.54, 1.807) is 18.2 Å². The Labute approximate surface area is 132 Å². The lowest BCUT2D eigenvalue weighted by Gasteiger charge is -2.07. The highest BCUT2D eigenvalue weighted by Gasteiger charge is 2.11. The zero-order chi connectivity index (χ0) is 15.5. The Kier molecular flexibility index (Phi) is 8.91. The van der Waals surface area contributed by atoms with Gasteiger partial charge in [0.2, 0.25) is 0 Å². The molecular formula is C17H26ClNO2. The minimum Gasteiger partial charge on any atom is -0.462 e. The molecule has 0 saturated carbocycles. The van der Waals surface area contributed by atoms with Crippen molar-refractivity contribution in [3.8, 4) is 0 Å². The van der Waals surface area contributed by atoms with Crippen molar-refractivity contribution < 1.29 is 9.53 Å². The number of hydrogen-bond acceptors (Lipinski definition) is 3. The van der Waals surface area contributed by atoms with E-state index < -0.39 is 0 Å². The molecule has 0 heterocycles. The molecule has 4 heteroatoms. The van der Waals surface area contributed by atoms with Gasteiger partial charge in [0.25, 0.3) is 0 Å². The quantitative estimate of drug-likeness (QED) is 0.366. The van der Waals surface area contributed by atoms with Crippen LogP contribution in [0.15, 0.2) is 18.2 Å². The molecule has 0 unspecified atom stereocenters. The molecule has 0 bridgehead atoms. The Morgan fingerprint density at radius 2 is 1.71 bits per heavy atom. The maximum atomic E-state index is 11.8. The van der Waals surface area contributed by atoms with Crippen LogP contribution < -0.4 is 5.73 Å². The third-order valence-corrected chi connectivity index (χ3v) is 3.76. The van der Waals surface area contributed by atoms with Crippen molar-refractivity contribution in [1.29, 1.82) is 0 Å². The average Bonchev–Trinajstić information content (AvgIpc) is 2.45. The fourth-order valence-corrected chi connectivity index (χ4v) is 2.44. The molecule has 0 saturated heterocycles. The molecule has 0 aromatic heterocycles. The van der Waals surface area contributed by atoms with Gasteiger partial charge in [-0.2, -0.15) is 0 Å². The van der Waals surface area contributed by atoms with Gasteiger partial charge in [-0.3, -0.25) is 0 Å². The van der Waals surface area contributed by atoms with Gasteiger partial charge in [0.05, 0.1) is 17.2 Å². The number of ether oxygens (including phenoxy) is 1. The molecule has 0 aliphatic heterocycles. The fraction of sp³-hybridized carbons (Fsp3) is 0.588. The summed E-state index contributed by atoms with van der Waals surface area (Å²) in [7, 11) is 0. The van der Waals surface area contributed by atoms with Gasteiger partial charge in [0, 0.05) is 5.69 Å². The van der Waals surface area contributed by atoms with Crippen LogP contribution >= 0.6 is 11.6 Å². The first-order valence-corrected chi connectivity index (χ1v) is 8.25. The van der Waals surface area contributed by atoms with Gasteiger partial charge in [-0.05, 0) is 24.6 Å². The zero-order valence-corrected chi connectivity index (χ0v) is 13.6. The summed E-state index contributed by atoms with van der Waals surface area (Å²) in [5.41, 5.74) is 6.51. The van der Waals surface area contributed by atoms with E-state index in [9.17, 15) is 4.79 Å². The zero-order valence-electron chi connectivity index (χ0n) is 12.9. The second-order valence-electron chi connectivity index (χ2n) is 5.35. The predicted octanol–water partition coefficient (Wildman–Crippen LogP) is 5.22. The predicted molar refractivity (Wildman–Crippen MR) is 88.8 cm³/mol. The minimum absolute atomic E-state index is 0.343. The molecule has 1 aromatic carbocycles. The second kappa shape index (κ2) is 10.5. The molecular weight excluding hydrogens is 286 g/mol. The van der Waals surface area contributed by atoms with Crippen molar-refractivity contribution in [1.82, 2.24) is 0 Å². The topological polar surface area (TPSA) is 52.3 Å². The number of rotatable bonds is 10. The number of hydrogen-bond donors (Lipinski definition) is 1. The number of halogens is 1. The van der Waals surface area contributed by atoms with Crippen LogP contribution in [0.5, 0.6) is 0 Å². The largest absolute Gasteiger partial charge is 0.462 e. The van der Waals surface area contributed by atoms with E-state index in [1.807, 2.05) is 0 Å². The summed E-state index contributed by atoms with van der Waals surface area (Å²) < 4.78 is 5.23. The Bertz CT molecular complexity index is 435. The third kappa shape index (κ3) is 7.37. The van der Waals surface area contributed by atoms with Crippen LogP contribution in [-0.4, -0.2) is 12.6 Å². The lowest BCUT2D eigenvalue weighted by atomic mass is 10.1. The SMILES string of the molecule is CCCCCCCCCCOC(=O)c1ccc(N)cc1Cl. The van der Waals surface area contributed by atoms with Crippen molar-refractivity contribution in [2.75, 3.05) is 12.3 Å². The first-order chi connectivity index (χ1) is 10.1. The lowest BCUT2D eigenvalue weighted by Crippen LogP contribution is -2.07. The summed E-state index contributed by atoms with van der Waals surface area (Å²) in [5, 5.41) is 0.343.